The Kier molecular flexibility index (Phi) is 3.59. The highest BCUT2D eigenvalue weighted by Gasteiger charge is 2.09. The quantitative estimate of drug-likeness (QED) is 0.816. The summed E-state index contributed by atoms with van der Waals surface area (Å²) in [6.07, 6.45) is 0. The molecule has 1 heterocycles. The van der Waals surface area contributed by atoms with Crippen molar-refractivity contribution in [3.63, 3.8) is 0 Å². The third-order valence-corrected chi connectivity index (χ3v) is 2.22. The third-order valence-electron chi connectivity index (χ3n) is 1.56. The van der Waals surface area contributed by atoms with Crippen LogP contribution in [0.5, 0.6) is 0 Å². The summed E-state index contributed by atoms with van der Waals surface area (Å²) in [4.78, 5) is 4.23. The summed E-state index contributed by atoms with van der Waals surface area (Å²) >= 11 is 1.28. The van der Waals surface area contributed by atoms with Crippen molar-refractivity contribution in [2.75, 3.05) is 12.0 Å². The molecule has 0 spiro atoms. The van der Waals surface area contributed by atoms with Crippen LogP contribution in [0.25, 0.3) is 0 Å². The summed E-state index contributed by atoms with van der Waals surface area (Å²) in [6.45, 7) is 5.45. The van der Waals surface area contributed by atoms with Crippen molar-refractivity contribution >= 4 is 16.7 Å². The van der Waals surface area contributed by atoms with Gasteiger partial charge in [0.2, 0.25) is 5.13 Å². The predicted octanol–water partition coefficient (Wildman–Crippen LogP) is 2.43. The monoisotopic (exact) mass is 203 g/mol. The second-order valence-electron chi connectivity index (χ2n) is 3.31. The molecule has 13 heavy (non-hydrogen) atoms. The van der Waals surface area contributed by atoms with E-state index in [2.05, 4.69) is 14.7 Å². The second kappa shape index (κ2) is 4.50. The summed E-state index contributed by atoms with van der Waals surface area (Å²) in [6, 6.07) is -0.187. The normalized spacial score (nSPS) is 13.3. The van der Waals surface area contributed by atoms with Crippen molar-refractivity contribution < 1.29 is 4.39 Å². The molecule has 1 atom stereocenters. The zero-order chi connectivity index (χ0) is 9.84. The van der Waals surface area contributed by atoms with Gasteiger partial charge in [-0.25, -0.2) is 9.37 Å². The van der Waals surface area contributed by atoms with Gasteiger partial charge in [0.1, 0.15) is 12.5 Å². The molecule has 0 aliphatic rings. The van der Waals surface area contributed by atoms with Crippen LogP contribution in [0.1, 0.15) is 32.5 Å². The highest BCUT2D eigenvalue weighted by molar-refractivity contribution is 7.09. The van der Waals surface area contributed by atoms with Crippen LogP contribution in [0.4, 0.5) is 9.52 Å². The molecule has 0 saturated carbocycles. The van der Waals surface area contributed by atoms with E-state index in [0.717, 1.165) is 5.82 Å². The molecule has 0 aromatic carbocycles. The molecule has 1 aromatic heterocycles. The summed E-state index contributed by atoms with van der Waals surface area (Å²) < 4.78 is 16.3. The van der Waals surface area contributed by atoms with E-state index in [0.29, 0.717) is 11.0 Å². The highest BCUT2D eigenvalue weighted by Crippen LogP contribution is 2.17. The van der Waals surface area contributed by atoms with Gasteiger partial charge in [-0.3, -0.25) is 0 Å². The molecule has 1 N–H and O–H groups in total. The number of hydrogen-bond acceptors (Lipinski definition) is 4. The SMILES string of the molecule is CC(C)c1nsc(N[C@@H](C)CF)n1. The molecule has 0 bridgehead atoms. The fourth-order valence-corrected chi connectivity index (χ4v) is 1.60. The summed E-state index contributed by atoms with van der Waals surface area (Å²) in [5.41, 5.74) is 0. The van der Waals surface area contributed by atoms with Crippen molar-refractivity contribution in [1.29, 1.82) is 0 Å². The third kappa shape index (κ3) is 2.91. The maximum atomic E-state index is 12.1. The Labute approximate surface area is 81.6 Å². The van der Waals surface area contributed by atoms with Gasteiger partial charge in [0, 0.05) is 17.5 Å². The van der Waals surface area contributed by atoms with Crippen LogP contribution >= 0.6 is 11.5 Å². The molecular formula is C8H14FN3S. The van der Waals surface area contributed by atoms with Crippen LogP contribution in [-0.4, -0.2) is 22.1 Å². The second-order valence-corrected chi connectivity index (χ2v) is 4.06. The zero-order valence-electron chi connectivity index (χ0n) is 8.04. The lowest BCUT2D eigenvalue weighted by Gasteiger charge is -2.06. The van der Waals surface area contributed by atoms with E-state index >= 15 is 0 Å². The standard InChI is InChI=1S/C8H14FN3S/c1-5(2)7-11-8(13-12-7)10-6(3)4-9/h5-6H,4H2,1-3H3,(H,10,11,12)/t6-/m0/s1. The predicted molar refractivity (Wildman–Crippen MR) is 53.1 cm³/mol. The Morgan fingerprint density at radius 2 is 2.15 bits per heavy atom. The van der Waals surface area contributed by atoms with Crippen LogP contribution in [0.2, 0.25) is 0 Å². The van der Waals surface area contributed by atoms with Gasteiger partial charge in [0.25, 0.3) is 0 Å². The Morgan fingerprint density at radius 3 is 2.62 bits per heavy atom. The largest absolute Gasteiger partial charge is 0.355 e. The minimum atomic E-state index is -0.392. The first-order valence-electron chi connectivity index (χ1n) is 4.29. The Hall–Kier alpha value is -0.710. The fraction of sp³-hybridized carbons (Fsp3) is 0.750. The van der Waals surface area contributed by atoms with E-state index < -0.39 is 6.67 Å². The molecule has 0 saturated heterocycles. The number of anilines is 1. The molecule has 0 unspecified atom stereocenters. The van der Waals surface area contributed by atoms with Crippen molar-refractivity contribution in [1.82, 2.24) is 9.36 Å². The van der Waals surface area contributed by atoms with E-state index in [-0.39, 0.29) is 6.04 Å². The van der Waals surface area contributed by atoms with Crippen molar-refractivity contribution in [2.24, 2.45) is 0 Å². The summed E-state index contributed by atoms with van der Waals surface area (Å²) in [7, 11) is 0. The summed E-state index contributed by atoms with van der Waals surface area (Å²) in [5.74, 6) is 1.14. The average molecular weight is 203 g/mol. The van der Waals surface area contributed by atoms with E-state index in [1.807, 2.05) is 13.8 Å². The zero-order valence-corrected chi connectivity index (χ0v) is 8.86. The topological polar surface area (TPSA) is 37.8 Å². The van der Waals surface area contributed by atoms with Gasteiger partial charge in [0.05, 0.1) is 6.04 Å². The molecule has 0 fully saturated rings. The van der Waals surface area contributed by atoms with Gasteiger partial charge in [-0.2, -0.15) is 4.37 Å². The first kappa shape index (κ1) is 10.4. The average Bonchev–Trinajstić information content (AvgIpc) is 2.52. The molecule has 3 nitrogen and oxygen atoms in total. The van der Waals surface area contributed by atoms with Crippen LogP contribution < -0.4 is 5.32 Å². The molecule has 74 valence electrons. The van der Waals surface area contributed by atoms with Gasteiger partial charge in [-0.15, -0.1) is 0 Å². The summed E-state index contributed by atoms with van der Waals surface area (Å²) in [5, 5.41) is 3.64. The number of alkyl halides is 1. The van der Waals surface area contributed by atoms with Gasteiger partial charge in [0.15, 0.2) is 0 Å². The highest BCUT2D eigenvalue weighted by atomic mass is 32.1. The number of nitrogens with zero attached hydrogens (tertiary/aromatic N) is 2. The molecule has 0 aliphatic carbocycles. The van der Waals surface area contributed by atoms with E-state index in [1.54, 1.807) is 6.92 Å². The molecule has 1 aromatic rings. The van der Waals surface area contributed by atoms with Gasteiger partial charge in [-0.05, 0) is 6.92 Å². The number of aromatic nitrogens is 2. The Morgan fingerprint density at radius 1 is 1.46 bits per heavy atom. The van der Waals surface area contributed by atoms with Crippen molar-refractivity contribution in [2.45, 2.75) is 32.7 Å². The maximum Gasteiger partial charge on any atom is 0.202 e. The Bertz CT molecular complexity index is 262. The lowest BCUT2D eigenvalue weighted by Crippen LogP contribution is -2.16. The lowest BCUT2D eigenvalue weighted by atomic mass is 10.2. The number of nitrogens with one attached hydrogen (secondary N) is 1. The van der Waals surface area contributed by atoms with Crippen LogP contribution in [0, 0.1) is 0 Å². The van der Waals surface area contributed by atoms with E-state index in [4.69, 9.17) is 0 Å². The smallest absolute Gasteiger partial charge is 0.202 e. The van der Waals surface area contributed by atoms with Crippen molar-refractivity contribution in [3.8, 4) is 0 Å². The maximum absolute atomic E-state index is 12.1. The fourth-order valence-electron chi connectivity index (χ4n) is 0.777. The van der Waals surface area contributed by atoms with Crippen LogP contribution in [-0.2, 0) is 0 Å². The first-order valence-corrected chi connectivity index (χ1v) is 5.07. The lowest BCUT2D eigenvalue weighted by molar-refractivity contribution is 0.460. The van der Waals surface area contributed by atoms with Crippen LogP contribution in [0.3, 0.4) is 0 Å². The number of rotatable bonds is 4. The number of hydrogen-bond donors (Lipinski definition) is 1. The van der Waals surface area contributed by atoms with Gasteiger partial charge in [-0.1, -0.05) is 13.8 Å². The minimum absolute atomic E-state index is 0.187. The number of halogens is 1. The minimum Gasteiger partial charge on any atom is -0.355 e. The molecular weight excluding hydrogens is 189 g/mol. The molecule has 1 rings (SSSR count). The van der Waals surface area contributed by atoms with Gasteiger partial charge < -0.3 is 5.32 Å². The van der Waals surface area contributed by atoms with Gasteiger partial charge >= 0.3 is 0 Å². The van der Waals surface area contributed by atoms with Crippen LogP contribution in [0.15, 0.2) is 0 Å². The molecule has 0 radical (unpaired) electrons. The van der Waals surface area contributed by atoms with Crippen molar-refractivity contribution in [3.05, 3.63) is 5.82 Å². The Balaban J connectivity index is 2.58. The van der Waals surface area contributed by atoms with E-state index in [1.165, 1.54) is 11.5 Å². The molecule has 5 heteroatoms. The molecule has 0 amide bonds. The molecule has 0 aliphatic heterocycles. The van der Waals surface area contributed by atoms with E-state index in [9.17, 15) is 4.39 Å². The first-order chi connectivity index (χ1) is 6.13.